The van der Waals surface area contributed by atoms with E-state index < -0.39 is 0 Å². The highest BCUT2D eigenvalue weighted by Crippen LogP contribution is 2.61. The summed E-state index contributed by atoms with van der Waals surface area (Å²) in [6.07, 6.45) is 6.23. The summed E-state index contributed by atoms with van der Waals surface area (Å²) in [4.78, 5) is 7.25. The van der Waals surface area contributed by atoms with Gasteiger partial charge in [0.1, 0.15) is 10.3 Å². The van der Waals surface area contributed by atoms with Gasteiger partial charge in [0.25, 0.3) is 11.6 Å². The van der Waals surface area contributed by atoms with Crippen LogP contribution in [0.15, 0.2) is 95.1 Å². The fraction of sp³-hybridized carbons (Fsp3) is 0. The van der Waals surface area contributed by atoms with Crippen molar-refractivity contribution in [3.63, 3.8) is 0 Å². The molecule has 1 unspecified atom stereocenters. The maximum absolute atomic E-state index is 6.54. The Kier molecular flexibility index (Phi) is 2.41. The normalized spacial score (nSPS) is 18.8. The van der Waals surface area contributed by atoms with E-state index in [9.17, 15) is 0 Å². The summed E-state index contributed by atoms with van der Waals surface area (Å²) in [5.74, 6) is 1.50. The number of ether oxygens (including phenoxy) is 1. The summed E-state index contributed by atoms with van der Waals surface area (Å²) in [6.45, 7) is 0. The van der Waals surface area contributed by atoms with Crippen LogP contribution in [0.1, 0.15) is 0 Å². The molecule has 0 radical (unpaired) electrons. The van der Waals surface area contributed by atoms with E-state index in [1.807, 2.05) is 18.0 Å². The zero-order valence-corrected chi connectivity index (χ0v) is 18.5. The van der Waals surface area contributed by atoms with Gasteiger partial charge >= 0.3 is 17.0 Å². The Bertz CT molecular complexity index is 1990. The van der Waals surface area contributed by atoms with E-state index in [1.165, 1.54) is 37.4 Å². The molecule has 7 heteroatoms. The molecule has 6 nitrogen and oxygen atoms in total. The van der Waals surface area contributed by atoms with Gasteiger partial charge in [-0.25, -0.2) is 4.98 Å². The van der Waals surface area contributed by atoms with E-state index in [0.29, 0.717) is 10.6 Å². The molecular formula is C27H14N5OS+3. The second kappa shape index (κ2) is 4.99. The largest absolute Gasteiger partial charge is 0.427 e. The Morgan fingerprint density at radius 3 is 2.76 bits per heavy atom. The fourth-order valence-corrected chi connectivity index (χ4v) is 7.65. The van der Waals surface area contributed by atoms with Crippen molar-refractivity contribution in [2.24, 2.45) is 0 Å². The van der Waals surface area contributed by atoms with Crippen LogP contribution in [0, 0.1) is 0 Å². The number of pyridine rings is 3. The highest BCUT2D eigenvalue weighted by molar-refractivity contribution is 7.99. The number of aromatic nitrogens is 4. The molecular weight excluding hydrogens is 442 g/mol. The van der Waals surface area contributed by atoms with Crippen LogP contribution in [0.4, 0.5) is 11.4 Å². The molecule has 10 rings (SSSR count). The molecule has 4 aliphatic rings. The van der Waals surface area contributed by atoms with Gasteiger partial charge < -0.3 is 4.74 Å². The SMILES string of the molecule is c1cc[n+]2c(c1)-c1ccnc3c1[N+]21c2c(ccc4c2-n2c5c(cccc5c5ccc[n+]1c52)S4)O3. The second-order valence-electron chi connectivity index (χ2n) is 9.08. The van der Waals surface area contributed by atoms with Crippen LogP contribution < -0.4 is 18.8 Å². The van der Waals surface area contributed by atoms with Crippen LogP contribution >= 0.6 is 11.8 Å². The van der Waals surface area contributed by atoms with Crippen molar-refractivity contribution in [2.75, 3.05) is 0 Å². The second-order valence-corrected chi connectivity index (χ2v) is 10.2. The van der Waals surface area contributed by atoms with Gasteiger partial charge in [-0.05, 0) is 48.5 Å². The molecule has 0 saturated carbocycles. The fourth-order valence-electron chi connectivity index (χ4n) is 6.54. The first-order valence-electron chi connectivity index (χ1n) is 11.3. The molecule has 156 valence electrons. The molecule has 0 aliphatic carbocycles. The summed E-state index contributed by atoms with van der Waals surface area (Å²) in [5.41, 5.74) is 8.13. The summed E-state index contributed by atoms with van der Waals surface area (Å²) >= 11 is 1.85. The summed E-state index contributed by atoms with van der Waals surface area (Å²) in [7, 11) is 0. The summed E-state index contributed by atoms with van der Waals surface area (Å²) in [6, 6.07) is 23.9. The van der Waals surface area contributed by atoms with Gasteiger partial charge in [0, 0.05) is 33.1 Å². The number of fused-ring (bicyclic) bond motifs is 3. The van der Waals surface area contributed by atoms with Crippen LogP contribution in [0.2, 0.25) is 0 Å². The van der Waals surface area contributed by atoms with Gasteiger partial charge in [0.05, 0.1) is 15.2 Å². The van der Waals surface area contributed by atoms with Crippen LogP contribution in [0.25, 0.3) is 38.9 Å². The third-order valence-corrected chi connectivity index (χ3v) is 8.75. The van der Waals surface area contributed by atoms with Crippen LogP contribution in [0.5, 0.6) is 11.6 Å². The molecule has 1 spiro atoms. The monoisotopic (exact) mass is 456 g/mol. The van der Waals surface area contributed by atoms with E-state index in [0.717, 1.165) is 28.4 Å². The first kappa shape index (κ1) is 16.4. The highest BCUT2D eigenvalue weighted by Gasteiger charge is 2.70. The van der Waals surface area contributed by atoms with Crippen molar-refractivity contribution in [2.45, 2.75) is 9.79 Å². The standard InChI is InChI=1S/C27H14N5OS/c1-2-13-29-18(7-1)17-11-12-28-26-24(17)32(29)25-19(33-26)9-10-21-23(25)31-22-15(5-3-8-20(22)34-21)16-6-4-14-30(32)27(16)31/h1-14H/q+3. The third-order valence-electron chi connectivity index (χ3n) is 7.65. The smallest absolute Gasteiger partial charge is 0.352 e. The van der Waals surface area contributed by atoms with E-state index in [-0.39, 0.29) is 0 Å². The van der Waals surface area contributed by atoms with Crippen molar-refractivity contribution in [3.8, 4) is 28.6 Å². The highest BCUT2D eigenvalue weighted by atomic mass is 32.2. The Morgan fingerprint density at radius 1 is 0.824 bits per heavy atom. The number of nitrogens with zero attached hydrogens (tertiary/aromatic N) is 5. The predicted octanol–water partition coefficient (Wildman–Crippen LogP) is 5.18. The lowest BCUT2D eigenvalue weighted by atomic mass is 10.1. The molecule has 34 heavy (non-hydrogen) atoms. The van der Waals surface area contributed by atoms with Crippen molar-refractivity contribution in [1.29, 1.82) is 0 Å². The topological polar surface area (TPSA) is 34.8 Å². The quantitative estimate of drug-likeness (QED) is 0.233. The van der Waals surface area contributed by atoms with Crippen LogP contribution in [0.3, 0.4) is 0 Å². The molecule has 0 saturated heterocycles. The Balaban J connectivity index is 1.59. The zero-order valence-electron chi connectivity index (χ0n) is 17.6. The molecule has 0 fully saturated rings. The number of para-hydroxylation sites is 1. The zero-order chi connectivity index (χ0) is 21.8. The first-order chi connectivity index (χ1) is 16.9. The van der Waals surface area contributed by atoms with Gasteiger partial charge in [-0.1, -0.05) is 17.8 Å². The van der Waals surface area contributed by atoms with Crippen molar-refractivity contribution in [3.05, 3.63) is 85.3 Å². The maximum Gasteiger partial charge on any atom is 0.352 e. The van der Waals surface area contributed by atoms with Gasteiger partial charge in [0.15, 0.2) is 11.7 Å². The molecule has 1 atom stereocenters. The molecule has 2 aromatic carbocycles. The number of hydrogen-bond donors (Lipinski definition) is 0. The minimum absolute atomic E-state index is 0.372. The predicted molar refractivity (Wildman–Crippen MR) is 127 cm³/mol. The van der Waals surface area contributed by atoms with Gasteiger partial charge in [-0.3, -0.25) is 0 Å². The Labute approximate surface area is 197 Å². The van der Waals surface area contributed by atoms with E-state index in [2.05, 4.69) is 93.0 Å². The van der Waals surface area contributed by atoms with E-state index in [4.69, 9.17) is 9.72 Å². The third kappa shape index (κ3) is 1.44. The number of hydrogen-bond acceptors (Lipinski definition) is 3. The molecule has 4 aromatic heterocycles. The van der Waals surface area contributed by atoms with E-state index >= 15 is 0 Å². The lowest BCUT2D eigenvalue weighted by Crippen LogP contribution is -2.84. The minimum Gasteiger partial charge on any atom is -0.427 e. The molecule has 8 heterocycles. The number of rotatable bonds is 0. The number of benzene rings is 2. The molecule has 0 N–H and O–H groups in total. The summed E-state index contributed by atoms with van der Waals surface area (Å²) < 4.78 is 14.1. The van der Waals surface area contributed by atoms with Crippen molar-refractivity contribution in [1.82, 2.24) is 14.3 Å². The molecule has 0 bridgehead atoms. The number of quaternary nitrogens is 1. The van der Waals surface area contributed by atoms with E-state index in [1.54, 1.807) is 0 Å². The van der Waals surface area contributed by atoms with Crippen LogP contribution in [-0.4, -0.2) is 9.55 Å². The van der Waals surface area contributed by atoms with Crippen LogP contribution in [-0.2, 0) is 0 Å². The minimum atomic E-state index is 0.372. The first-order valence-corrected chi connectivity index (χ1v) is 12.1. The average molecular weight is 457 g/mol. The molecule has 4 aliphatic heterocycles. The molecule has 6 aromatic rings. The average Bonchev–Trinajstić information content (AvgIpc) is 3.38. The maximum atomic E-state index is 6.54. The van der Waals surface area contributed by atoms with Gasteiger partial charge in [-0.2, -0.15) is 4.57 Å². The summed E-state index contributed by atoms with van der Waals surface area (Å²) in [5, 5.41) is 2.53. The lowest BCUT2D eigenvalue weighted by molar-refractivity contribution is -1.02. The van der Waals surface area contributed by atoms with Crippen molar-refractivity contribution >= 4 is 45.1 Å². The molecule has 0 amide bonds. The van der Waals surface area contributed by atoms with Gasteiger partial charge in [0.2, 0.25) is 17.6 Å². The Hall–Kier alpha value is -4.20. The van der Waals surface area contributed by atoms with Gasteiger partial charge in [-0.15, -0.1) is 0 Å². The lowest BCUT2D eigenvalue weighted by Gasteiger charge is -2.32. The Morgan fingerprint density at radius 2 is 1.76 bits per heavy atom. The van der Waals surface area contributed by atoms with Crippen molar-refractivity contribution < 1.29 is 14.1 Å².